The van der Waals surface area contributed by atoms with Crippen LogP contribution in [0.15, 0.2) is 65.7 Å². The lowest BCUT2D eigenvalue weighted by Crippen LogP contribution is -2.48. The summed E-state index contributed by atoms with van der Waals surface area (Å²) in [6.45, 7) is 1.43. The zero-order chi connectivity index (χ0) is 25.1. The van der Waals surface area contributed by atoms with Crippen LogP contribution in [0.5, 0.6) is 0 Å². The van der Waals surface area contributed by atoms with Crippen LogP contribution in [0, 0.1) is 0 Å². The Kier molecular flexibility index (Phi) is 7.20. The number of fused-ring (bicyclic) bond motifs is 2. The minimum atomic E-state index is -0.567. The first-order chi connectivity index (χ1) is 17.5. The number of nitrogens with zero attached hydrogens (tertiary/aromatic N) is 2. The summed E-state index contributed by atoms with van der Waals surface area (Å²) in [6, 6.07) is 19.9. The molecule has 0 spiro atoms. The molecule has 0 bridgehead atoms. The Labute approximate surface area is 215 Å². The highest BCUT2D eigenvalue weighted by Gasteiger charge is 2.30. The summed E-state index contributed by atoms with van der Waals surface area (Å²) in [7, 11) is 0. The van der Waals surface area contributed by atoms with Gasteiger partial charge in [0.05, 0.1) is 12.2 Å². The topological polar surface area (TPSA) is 99.8 Å². The molecule has 2 aliphatic heterocycles. The molecule has 0 radical (unpaired) electrons. The van der Waals surface area contributed by atoms with Crippen LogP contribution in [-0.2, 0) is 21.9 Å². The van der Waals surface area contributed by atoms with Gasteiger partial charge in [-0.05, 0) is 46.9 Å². The number of carbonyl (C=O) groups excluding carboxylic acids is 2. The molecule has 8 heteroatoms. The Hall–Kier alpha value is -3.42. The van der Waals surface area contributed by atoms with Gasteiger partial charge in [-0.2, -0.15) is 0 Å². The van der Waals surface area contributed by atoms with E-state index in [0.29, 0.717) is 12.3 Å². The van der Waals surface area contributed by atoms with Crippen molar-refractivity contribution in [2.75, 3.05) is 25.0 Å². The Morgan fingerprint density at radius 2 is 1.81 bits per heavy atom. The molecule has 1 unspecified atom stereocenters. The van der Waals surface area contributed by atoms with Gasteiger partial charge in [-0.15, -0.1) is 11.6 Å². The van der Waals surface area contributed by atoms with Gasteiger partial charge in [-0.25, -0.2) is 0 Å². The van der Waals surface area contributed by atoms with Crippen LogP contribution >= 0.6 is 11.6 Å². The molecule has 3 aromatic rings. The molecule has 186 valence electrons. The minimum Gasteiger partial charge on any atom is -0.356 e. The molecule has 1 saturated heterocycles. The summed E-state index contributed by atoms with van der Waals surface area (Å²) >= 11 is 6.15. The van der Waals surface area contributed by atoms with E-state index in [-0.39, 0.29) is 24.4 Å². The van der Waals surface area contributed by atoms with Gasteiger partial charge >= 0.3 is 0 Å². The van der Waals surface area contributed by atoms with Gasteiger partial charge < -0.3 is 21.3 Å². The number of nitrogens with two attached hydrogens (primary N) is 1. The number of amides is 2. The van der Waals surface area contributed by atoms with Crippen molar-refractivity contribution in [3.8, 4) is 0 Å². The van der Waals surface area contributed by atoms with Gasteiger partial charge in [0.15, 0.2) is 0 Å². The van der Waals surface area contributed by atoms with Crippen molar-refractivity contribution >= 4 is 45.7 Å². The molecule has 0 aromatic heterocycles. The number of carbonyl (C=O) groups is 2. The van der Waals surface area contributed by atoms with E-state index in [1.807, 2.05) is 30.3 Å². The van der Waals surface area contributed by atoms with E-state index < -0.39 is 6.04 Å². The van der Waals surface area contributed by atoms with E-state index in [2.05, 4.69) is 45.9 Å². The van der Waals surface area contributed by atoms with Crippen molar-refractivity contribution in [3.63, 3.8) is 0 Å². The fraction of sp³-hybridized carbons (Fsp3) is 0.321. The summed E-state index contributed by atoms with van der Waals surface area (Å²) in [4.78, 5) is 32.3. The second-order valence-corrected chi connectivity index (χ2v) is 9.66. The monoisotopic (exact) mass is 503 g/mol. The van der Waals surface area contributed by atoms with Gasteiger partial charge in [-0.1, -0.05) is 48.5 Å². The second kappa shape index (κ2) is 10.7. The maximum Gasteiger partial charge on any atom is 0.249 e. The average Bonchev–Trinajstić information content (AvgIpc) is 3.04. The number of hydrogen-bond donors (Lipinski definition) is 3. The van der Waals surface area contributed by atoms with Crippen LogP contribution in [0.2, 0.25) is 0 Å². The van der Waals surface area contributed by atoms with E-state index in [0.717, 1.165) is 59.5 Å². The Bertz CT molecular complexity index is 1320. The van der Waals surface area contributed by atoms with E-state index >= 15 is 0 Å². The van der Waals surface area contributed by atoms with Crippen molar-refractivity contribution in [1.82, 2.24) is 10.2 Å². The number of rotatable bonds is 5. The largest absolute Gasteiger partial charge is 0.356 e. The third-order valence-electron chi connectivity index (χ3n) is 6.91. The molecular formula is C28H30ClN5O2. The molecular weight excluding hydrogens is 474 g/mol. The number of likely N-dealkylation sites (tertiary alicyclic amines) is 1. The van der Waals surface area contributed by atoms with Crippen LogP contribution in [0.25, 0.3) is 10.8 Å². The number of nitrogens with one attached hydrogen (secondary N) is 2. The zero-order valence-electron chi connectivity index (χ0n) is 20.0. The summed E-state index contributed by atoms with van der Waals surface area (Å²) in [5.74, 6) is 0.915. The normalized spacial score (nSPS) is 18.3. The van der Waals surface area contributed by atoms with Crippen LogP contribution in [0.3, 0.4) is 0 Å². The molecule has 4 N–H and O–H groups in total. The summed E-state index contributed by atoms with van der Waals surface area (Å²) in [5.41, 5.74) is 9.12. The molecule has 2 amide bonds. The van der Waals surface area contributed by atoms with E-state index in [1.165, 1.54) is 5.39 Å². The van der Waals surface area contributed by atoms with Gasteiger partial charge in [0.2, 0.25) is 11.8 Å². The summed E-state index contributed by atoms with van der Waals surface area (Å²) in [6.07, 6.45) is 2.07. The van der Waals surface area contributed by atoms with Gasteiger partial charge in [0.1, 0.15) is 11.9 Å². The molecule has 0 aliphatic carbocycles. The summed E-state index contributed by atoms with van der Waals surface area (Å²) < 4.78 is 0. The highest BCUT2D eigenvalue weighted by Crippen LogP contribution is 2.28. The zero-order valence-corrected chi connectivity index (χ0v) is 20.8. The highest BCUT2D eigenvalue weighted by atomic mass is 35.5. The molecule has 1 atom stereocenters. The van der Waals surface area contributed by atoms with E-state index in [9.17, 15) is 9.59 Å². The van der Waals surface area contributed by atoms with Crippen molar-refractivity contribution in [2.45, 2.75) is 37.2 Å². The maximum atomic E-state index is 13.3. The van der Waals surface area contributed by atoms with Gasteiger partial charge in [0.25, 0.3) is 0 Å². The number of piperidine rings is 1. The molecule has 0 saturated carbocycles. The molecule has 1 fully saturated rings. The number of benzene rings is 3. The quantitative estimate of drug-likeness (QED) is 0.464. The predicted molar refractivity (Wildman–Crippen MR) is 144 cm³/mol. The fourth-order valence-corrected chi connectivity index (χ4v) is 5.13. The average molecular weight is 504 g/mol. The predicted octanol–water partition coefficient (Wildman–Crippen LogP) is 3.43. The Morgan fingerprint density at radius 3 is 2.56 bits per heavy atom. The van der Waals surface area contributed by atoms with Crippen LogP contribution in [0.4, 0.5) is 5.69 Å². The van der Waals surface area contributed by atoms with Crippen LogP contribution < -0.4 is 16.4 Å². The number of benzodiazepines with no additional fused rings is 1. The first kappa shape index (κ1) is 24.3. The molecule has 2 heterocycles. The number of aliphatic imine (C=N–C) groups is 1. The lowest BCUT2D eigenvalue weighted by Gasteiger charge is -2.35. The van der Waals surface area contributed by atoms with Gasteiger partial charge in [-0.3, -0.25) is 14.6 Å². The van der Waals surface area contributed by atoms with Crippen molar-refractivity contribution in [1.29, 1.82) is 0 Å². The molecule has 2 aliphatic rings. The van der Waals surface area contributed by atoms with Crippen molar-refractivity contribution in [3.05, 3.63) is 77.4 Å². The first-order valence-electron chi connectivity index (χ1n) is 12.3. The molecule has 3 aromatic carbocycles. The summed E-state index contributed by atoms with van der Waals surface area (Å²) in [5, 5.41) is 8.40. The van der Waals surface area contributed by atoms with E-state index in [4.69, 9.17) is 22.3 Å². The minimum absolute atomic E-state index is 0.00820. The highest BCUT2D eigenvalue weighted by molar-refractivity contribution is 6.17. The third kappa shape index (κ3) is 5.22. The van der Waals surface area contributed by atoms with Crippen molar-refractivity contribution < 1.29 is 9.59 Å². The van der Waals surface area contributed by atoms with Crippen molar-refractivity contribution in [2.24, 2.45) is 10.7 Å². The molecule has 36 heavy (non-hydrogen) atoms. The Balaban J connectivity index is 1.46. The number of amidine groups is 1. The number of hydrogen-bond acceptors (Lipinski definition) is 5. The fourth-order valence-electron chi connectivity index (χ4n) is 4.96. The van der Waals surface area contributed by atoms with Crippen LogP contribution in [0.1, 0.15) is 29.5 Å². The SMILES string of the molecule is NCC(=O)NC1CCN(C2=NC(Cc3ccc4ccccc4c3)C(=O)Nc3ccc(CCl)cc32)CC1. The van der Waals surface area contributed by atoms with Crippen LogP contribution in [-0.4, -0.2) is 54.3 Å². The first-order valence-corrected chi connectivity index (χ1v) is 12.9. The Morgan fingerprint density at radius 1 is 1.06 bits per heavy atom. The second-order valence-electron chi connectivity index (χ2n) is 9.39. The maximum absolute atomic E-state index is 13.3. The number of alkyl halides is 1. The smallest absolute Gasteiger partial charge is 0.249 e. The lowest BCUT2D eigenvalue weighted by molar-refractivity contribution is -0.120. The number of anilines is 1. The van der Waals surface area contributed by atoms with E-state index in [1.54, 1.807) is 0 Å². The van der Waals surface area contributed by atoms with Gasteiger partial charge in [0, 0.05) is 37.0 Å². The number of halogens is 1. The third-order valence-corrected chi connectivity index (χ3v) is 7.21. The standard InChI is InChI=1S/C28H30ClN5O2/c29-16-19-6-8-24-23(14-19)27(34-11-9-22(10-12-34)31-26(35)17-30)32-25(28(36)33-24)15-18-5-7-20-3-1-2-4-21(20)13-18/h1-8,13-14,22,25H,9-12,15-17,30H2,(H,31,35)(H,33,36). The molecule has 5 rings (SSSR count). The lowest BCUT2D eigenvalue weighted by atomic mass is 10.0. The molecule has 7 nitrogen and oxygen atoms in total.